The summed E-state index contributed by atoms with van der Waals surface area (Å²) in [5, 5.41) is 22.6. The SMILES string of the molecule is O=C(NCCCCCCO)C1=C[C@H](c2cccs2)C[C@H](OCCCCO)O1. The molecule has 0 aliphatic carbocycles. The summed E-state index contributed by atoms with van der Waals surface area (Å²) >= 11 is 1.67. The highest BCUT2D eigenvalue weighted by Crippen LogP contribution is 2.33. The lowest BCUT2D eigenvalue weighted by Gasteiger charge is -2.28. The van der Waals surface area contributed by atoms with E-state index in [4.69, 9.17) is 19.7 Å². The van der Waals surface area contributed by atoms with E-state index in [9.17, 15) is 4.79 Å². The summed E-state index contributed by atoms with van der Waals surface area (Å²) in [6.45, 7) is 1.47. The van der Waals surface area contributed by atoms with Crippen LogP contribution in [0.5, 0.6) is 0 Å². The van der Waals surface area contributed by atoms with Gasteiger partial charge >= 0.3 is 0 Å². The maximum absolute atomic E-state index is 12.5. The minimum absolute atomic E-state index is 0.104. The van der Waals surface area contributed by atoms with Gasteiger partial charge in [-0.15, -0.1) is 11.3 Å². The fourth-order valence-corrected chi connectivity index (χ4v) is 3.74. The van der Waals surface area contributed by atoms with E-state index >= 15 is 0 Å². The number of unbranched alkanes of at least 4 members (excludes halogenated alkanes) is 4. The summed E-state index contributed by atoms with van der Waals surface area (Å²) in [4.78, 5) is 13.7. The predicted molar refractivity (Wildman–Crippen MR) is 105 cm³/mol. The average Bonchev–Trinajstić information content (AvgIpc) is 3.22. The van der Waals surface area contributed by atoms with Crippen LogP contribution in [0.3, 0.4) is 0 Å². The number of aliphatic hydroxyl groups excluding tert-OH is 2. The minimum Gasteiger partial charge on any atom is -0.459 e. The molecule has 1 aliphatic rings. The molecule has 0 saturated heterocycles. The van der Waals surface area contributed by atoms with Crippen LogP contribution in [0.1, 0.15) is 55.7 Å². The summed E-state index contributed by atoms with van der Waals surface area (Å²) in [6.07, 6.45) is 7.21. The van der Waals surface area contributed by atoms with Crippen LogP contribution in [-0.4, -0.2) is 48.8 Å². The van der Waals surface area contributed by atoms with Gasteiger partial charge in [0.1, 0.15) is 0 Å². The molecule has 0 spiro atoms. The van der Waals surface area contributed by atoms with Crippen molar-refractivity contribution in [3.8, 4) is 0 Å². The van der Waals surface area contributed by atoms with Gasteiger partial charge in [0.25, 0.3) is 5.91 Å². The van der Waals surface area contributed by atoms with Gasteiger partial charge < -0.3 is 25.0 Å². The highest BCUT2D eigenvalue weighted by molar-refractivity contribution is 7.10. The highest BCUT2D eigenvalue weighted by Gasteiger charge is 2.29. The van der Waals surface area contributed by atoms with Crippen LogP contribution in [0.25, 0.3) is 0 Å². The smallest absolute Gasteiger partial charge is 0.286 e. The van der Waals surface area contributed by atoms with Gasteiger partial charge in [0, 0.05) is 37.0 Å². The van der Waals surface area contributed by atoms with Gasteiger partial charge in [-0.25, -0.2) is 0 Å². The summed E-state index contributed by atoms with van der Waals surface area (Å²) in [6, 6.07) is 4.07. The van der Waals surface area contributed by atoms with Crippen LogP contribution in [0.2, 0.25) is 0 Å². The van der Waals surface area contributed by atoms with Crippen LogP contribution in [-0.2, 0) is 14.3 Å². The van der Waals surface area contributed by atoms with Gasteiger partial charge in [0.15, 0.2) is 5.76 Å². The number of carbonyl (C=O) groups excluding carboxylic acids is 1. The van der Waals surface area contributed by atoms with Gasteiger partial charge in [-0.3, -0.25) is 4.79 Å². The van der Waals surface area contributed by atoms with Gasteiger partial charge in [-0.2, -0.15) is 0 Å². The molecule has 0 unspecified atom stereocenters. The zero-order valence-electron chi connectivity index (χ0n) is 15.8. The number of allylic oxidation sites excluding steroid dienone is 1. The standard InChI is InChI=1S/C20H31NO5S/c22-10-4-2-1-3-9-21-20(24)17-14-16(18-8-7-13-27-18)15-19(26-17)25-12-6-5-11-23/h7-8,13-14,16,19,22-23H,1-6,9-12,15H2,(H,21,24)/t16-,19+/m0/s1. The van der Waals surface area contributed by atoms with Crippen molar-refractivity contribution in [3.05, 3.63) is 34.2 Å². The molecule has 1 aliphatic heterocycles. The third kappa shape index (κ3) is 8.01. The Kier molecular flexibility index (Phi) is 10.4. The summed E-state index contributed by atoms with van der Waals surface area (Å²) in [5.41, 5.74) is 0. The molecule has 0 aromatic carbocycles. The van der Waals surface area contributed by atoms with E-state index in [1.165, 1.54) is 4.88 Å². The number of rotatable bonds is 13. The fourth-order valence-electron chi connectivity index (χ4n) is 2.93. The summed E-state index contributed by atoms with van der Waals surface area (Å²) in [7, 11) is 0. The van der Waals surface area contributed by atoms with E-state index in [1.54, 1.807) is 11.3 Å². The quantitative estimate of drug-likeness (QED) is 0.446. The second kappa shape index (κ2) is 12.9. The zero-order chi connectivity index (χ0) is 19.3. The average molecular weight is 398 g/mol. The normalized spacial score (nSPS) is 19.4. The van der Waals surface area contributed by atoms with Crippen molar-refractivity contribution in [3.63, 3.8) is 0 Å². The minimum atomic E-state index is -0.453. The van der Waals surface area contributed by atoms with Crippen molar-refractivity contribution in [1.29, 1.82) is 0 Å². The van der Waals surface area contributed by atoms with E-state index in [2.05, 4.69) is 11.4 Å². The van der Waals surface area contributed by atoms with Gasteiger partial charge in [-0.1, -0.05) is 18.9 Å². The fraction of sp³-hybridized carbons (Fsp3) is 0.650. The maximum Gasteiger partial charge on any atom is 0.286 e. The summed E-state index contributed by atoms with van der Waals surface area (Å²) in [5.74, 6) is 0.219. The van der Waals surface area contributed by atoms with E-state index < -0.39 is 6.29 Å². The Bertz CT molecular complexity index is 561. The molecular formula is C20H31NO5S. The number of nitrogens with one attached hydrogen (secondary N) is 1. The number of thiophene rings is 1. The van der Waals surface area contributed by atoms with Crippen LogP contribution in [0.15, 0.2) is 29.3 Å². The van der Waals surface area contributed by atoms with Crippen LogP contribution in [0.4, 0.5) is 0 Å². The number of aliphatic hydroxyl groups is 2. The predicted octanol–water partition coefficient (Wildman–Crippen LogP) is 2.92. The first kappa shape index (κ1) is 21.9. The first-order valence-electron chi connectivity index (χ1n) is 9.78. The topological polar surface area (TPSA) is 88.0 Å². The molecule has 2 heterocycles. The molecule has 6 nitrogen and oxygen atoms in total. The number of amides is 1. The van der Waals surface area contributed by atoms with Gasteiger partial charge in [0.2, 0.25) is 6.29 Å². The lowest BCUT2D eigenvalue weighted by Crippen LogP contribution is -2.33. The van der Waals surface area contributed by atoms with E-state index in [0.717, 1.165) is 32.1 Å². The second-order valence-corrected chi connectivity index (χ2v) is 7.61. The lowest BCUT2D eigenvalue weighted by atomic mass is 9.99. The molecular weight excluding hydrogens is 366 g/mol. The molecule has 7 heteroatoms. The van der Waals surface area contributed by atoms with Gasteiger partial charge in [-0.05, 0) is 43.2 Å². The van der Waals surface area contributed by atoms with E-state index in [1.807, 2.05) is 17.5 Å². The van der Waals surface area contributed by atoms with Crippen molar-refractivity contribution in [2.75, 3.05) is 26.4 Å². The van der Waals surface area contributed by atoms with E-state index in [0.29, 0.717) is 31.8 Å². The second-order valence-electron chi connectivity index (χ2n) is 6.63. The van der Waals surface area contributed by atoms with Gasteiger partial charge in [0.05, 0.1) is 6.61 Å². The molecule has 27 heavy (non-hydrogen) atoms. The number of carbonyl (C=O) groups is 1. The largest absolute Gasteiger partial charge is 0.459 e. The molecule has 3 N–H and O–H groups in total. The number of hydrogen-bond donors (Lipinski definition) is 3. The molecule has 0 radical (unpaired) electrons. The molecule has 0 bridgehead atoms. The van der Waals surface area contributed by atoms with Crippen molar-refractivity contribution < 1.29 is 24.5 Å². The van der Waals surface area contributed by atoms with Crippen LogP contribution < -0.4 is 5.32 Å². The highest BCUT2D eigenvalue weighted by atomic mass is 32.1. The van der Waals surface area contributed by atoms with Crippen LogP contribution >= 0.6 is 11.3 Å². The number of hydrogen-bond acceptors (Lipinski definition) is 6. The number of ether oxygens (including phenoxy) is 2. The van der Waals surface area contributed by atoms with Crippen LogP contribution in [0, 0.1) is 0 Å². The molecule has 2 rings (SSSR count). The Labute approximate surface area is 165 Å². The Morgan fingerprint density at radius 1 is 1.19 bits per heavy atom. The van der Waals surface area contributed by atoms with E-state index in [-0.39, 0.29) is 25.0 Å². The molecule has 0 fully saturated rings. The zero-order valence-corrected chi connectivity index (χ0v) is 16.6. The molecule has 1 amide bonds. The third-order valence-electron chi connectivity index (χ3n) is 4.42. The molecule has 152 valence electrons. The Morgan fingerprint density at radius 2 is 1.96 bits per heavy atom. The Morgan fingerprint density at radius 3 is 2.70 bits per heavy atom. The Balaban J connectivity index is 1.87. The van der Waals surface area contributed by atoms with Crippen molar-refractivity contribution >= 4 is 17.2 Å². The maximum atomic E-state index is 12.5. The molecule has 2 atom stereocenters. The Hall–Kier alpha value is -1.41. The monoisotopic (exact) mass is 397 g/mol. The first-order valence-corrected chi connectivity index (χ1v) is 10.7. The summed E-state index contributed by atoms with van der Waals surface area (Å²) < 4.78 is 11.6. The van der Waals surface area contributed by atoms with Crippen molar-refractivity contribution in [2.24, 2.45) is 0 Å². The molecule has 1 aromatic rings. The third-order valence-corrected chi connectivity index (χ3v) is 5.42. The first-order chi connectivity index (χ1) is 13.2. The lowest BCUT2D eigenvalue weighted by molar-refractivity contribution is -0.146. The van der Waals surface area contributed by atoms with Crippen molar-refractivity contribution in [2.45, 2.75) is 57.2 Å². The van der Waals surface area contributed by atoms with Crippen molar-refractivity contribution in [1.82, 2.24) is 5.32 Å². The molecule has 0 saturated carbocycles. The molecule has 1 aromatic heterocycles.